The van der Waals surface area contributed by atoms with Crippen LogP contribution in [-0.4, -0.2) is 90.7 Å². The van der Waals surface area contributed by atoms with E-state index in [4.69, 9.17) is 0 Å². The van der Waals surface area contributed by atoms with Crippen molar-refractivity contribution in [2.24, 2.45) is 0 Å². The molecule has 0 bridgehead atoms. The van der Waals surface area contributed by atoms with E-state index in [9.17, 15) is 0 Å². The van der Waals surface area contributed by atoms with Crippen LogP contribution in [0.5, 0.6) is 0 Å². The van der Waals surface area contributed by atoms with Gasteiger partial charge in [0.2, 0.25) is 0 Å². The number of piperazine rings is 1. The quantitative estimate of drug-likeness (QED) is 0.725. The lowest BCUT2D eigenvalue weighted by atomic mass is 9.98. The molecular weight excluding hydrogens is 394 g/mol. The van der Waals surface area contributed by atoms with Crippen LogP contribution < -0.4 is 4.90 Å². The van der Waals surface area contributed by atoms with Crippen molar-refractivity contribution >= 4 is 16.6 Å². The summed E-state index contributed by atoms with van der Waals surface area (Å²) in [6, 6.07) is 8.25. The van der Waals surface area contributed by atoms with Gasteiger partial charge in [-0.25, -0.2) is 0 Å². The summed E-state index contributed by atoms with van der Waals surface area (Å²) in [5, 5.41) is 1.33. The van der Waals surface area contributed by atoms with Crippen LogP contribution in [0.1, 0.15) is 43.7 Å². The number of anilines is 1. The van der Waals surface area contributed by atoms with Gasteiger partial charge < -0.3 is 9.80 Å². The SMILES string of the molecule is CCN1CCC(N2CCN(C3CCN(c4c(C)cnc5ccc(C)cc45)CC3)CC2)CC1. The van der Waals surface area contributed by atoms with Gasteiger partial charge in [0.25, 0.3) is 0 Å². The predicted molar refractivity (Wildman–Crippen MR) is 135 cm³/mol. The lowest BCUT2D eigenvalue weighted by Crippen LogP contribution is -2.56. The molecule has 5 nitrogen and oxygen atoms in total. The molecule has 174 valence electrons. The Morgan fingerprint density at radius 2 is 1.41 bits per heavy atom. The van der Waals surface area contributed by atoms with Crippen LogP contribution in [0.2, 0.25) is 0 Å². The van der Waals surface area contributed by atoms with Crippen molar-refractivity contribution < 1.29 is 0 Å². The molecule has 3 fully saturated rings. The third-order valence-electron chi connectivity index (χ3n) is 8.34. The lowest BCUT2D eigenvalue weighted by Gasteiger charge is -2.46. The van der Waals surface area contributed by atoms with Crippen LogP contribution in [0.15, 0.2) is 24.4 Å². The zero-order valence-corrected chi connectivity index (χ0v) is 20.4. The molecule has 3 saturated heterocycles. The lowest BCUT2D eigenvalue weighted by molar-refractivity contribution is 0.0384. The first-order valence-corrected chi connectivity index (χ1v) is 12.9. The highest BCUT2D eigenvalue weighted by atomic mass is 15.3. The molecule has 0 unspecified atom stereocenters. The zero-order valence-electron chi connectivity index (χ0n) is 20.4. The molecule has 2 aromatic rings. The molecule has 0 N–H and O–H groups in total. The van der Waals surface area contributed by atoms with Crippen LogP contribution in [0.25, 0.3) is 10.9 Å². The smallest absolute Gasteiger partial charge is 0.0723 e. The van der Waals surface area contributed by atoms with Crippen LogP contribution in [-0.2, 0) is 0 Å². The van der Waals surface area contributed by atoms with E-state index in [1.54, 1.807) is 0 Å². The average molecular weight is 436 g/mol. The first-order chi connectivity index (χ1) is 15.6. The van der Waals surface area contributed by atoms with Gasteiger partial charge in [-0.2, -0.15) is 0 Å². The Balaban J connectivity index is 1.17. The van der Waals surface area contributed by atoms with E-state index in [1.807, 2.05) is 0 Å². The number of piperidine rings is 2. The number of nitrogens with zero attached hydrogens (tertiary/aromatic N) is 5. The molecule has 1 aromatic carbocycles. The maximum absolute atomic E-state index is 4.68. The minimum Gasteiger partial charge on any atom is -0.371 e. The molecule has 3 aliphatic rings. The van der Waals surface area contributed by atoms with Gasteiger partial charge in [-0.1, -0.05) is 18.6 Å². The molecule has 0 amide bonds. The van der Waals surface area contributed by atoms with E-state index < -0.39 is 0 Å². The highest BCUT2D eigenvalue weighted by Gasteiger charge is 2.31. The number of rotatable bonds is 4. The average Bonchev–Trinajstić information content (AvgIpc) is 2.84. The van der Waals surface area contributed by atoms with Crippen molar-refractivity contribution in [1.29, 1.82) is 0 Å². The summed E-state index contributed by atoms with van der Waals surface area (Å²) >= 11 is 0. The fourth-order valence-corrected chi connectivity index (χ4v) is 6.33. The summed E-state index contributed by atoms with van der Waals surface area (Å²) in [6.07, 6.45) is 7.35. The summed E-state index contributed by atoms with van der Waals surface area (Å²) < 4.78 is 0. The zero-order chi connectivity index (χ0) is 22.1. The molecule has 1 aromatic heterocycles. The van der Waals surface area contributed by atoms with Gasteiger partial charge in [-0.15, -0.1) is 0 Å². The minimum atomic E-state index is 0.755. The summed E-state index contributed by atoms with van der Waals surface area (Å²) in [5.41, 5.74) is 5.17. The maximum Gasteiger partial charge on any atom is 0.0723 e. The van der Waals surface area contributed by atoms with Crippen molar-refractivity contribution in [3.63, 3.8) is 0 Å². The van der Waals surface area contributed by atoms with Gasteiger partial charge in [0, 0.05) is 62.9 Å². The second kappa shape index (κ2) is 9.66. The fraction of sp³-hybridized carbons (Fsp3) is 0.667. The number of aromatic nitrogens is 1. The molecule has 0 spiro atoms. The van der Waals surface area contributed by atoms with Crippen molar-refractivity contribution in [1.82, 2.24) is 19.7 Å². The number of likely N-dealkylation sites (tertiary alicyclic amines) is 1. The molecule has 4 heterocycles. The number of pyridine rings is 1. The first-order valence-electron chi connectivity index (χ1n) is 12.9. The molecule has 0 atom stereocenters. The Morgan fingerprint density at radius 3 is 2.00 bits per heavy atom. The predicted octanol–water partition coefficient (Wildman–Crippen LogP) is 3.92. The minimum absolute atomic E-state index is 0.755. The summed E-state index contributed by atoms with van der Waals surface area (Å²) in [5.74, 6) is 0. The largest absolute Gasteiger partial charge is 0.371 e. The Bertz CT molecular complexity index is 898. The molecule has 3 aliphatic heterocycles. The highest BCUT2D eigenvalue weighted by molar-refractivity contribution is 5.93. The monoisotopic (exact) mass is 435 g/mol. The third kappa shape index (κ3) is 4.52. The number of benzene rings is 1. The first kappa shape index (κ1) is 22.1. The number of fused-ring (bicyclic) bond motifs is 1. The molecule has 0 saturated carbocycles. The van der Waals surface area contributed by atoms with Crippen LogP contribution in [0.3, 0.4) is 0 Å². The second-order valence-corrected chi connectivity index (χ2v) is 10.3. The Labute approximate surface area is 194 Å². The van der Waals surface area contributed by atoms with Gasteiger partial charge in [-0.3, -0.25) is 14.8 Å². The Kier molecular flexibility index (Phi) is 6.68. The van der Waals surface area contributed by atoms with Gasteiger partial charge in [0.1, 0.15) is 0 Å². The van der Waals surface area contributed by atoms with Gasteiger partial charge in [0.15, 0.2) is 0 Å². The molecule has 0 radical (unpaired) electrons. The van der Waals surface area contributed by atoms with E-state index in [0.717, 1.165) is 30.7 Å². The number of hydrogen-bond donors (Lipinski definition) is 0. The van der Waals surface area contributed by atoms with Gasteiger partial charge in [-0.05, 0) is 76.9 Å². The molecular formula is C27H41N5. The third-order valence-corrected chi connectivity index (χ3v) is 8.34. The van der Waals surface area contributed by atoms with E-state index in [1.165, 1.54) is 93.7 Å². The molecule has 0 aliphatic carbocycles. The molecule has 32 heavy (non-hydrogen) atoms. The van der Waals surface area contributed by atoms with Crippen molar-refractivity contribution in [3.05, 3.63) is 35.5 Å². The standard InChI is InChI=1S/C27H41N5/c1-4-29-11-7-23(8-12-29)30-15-17-31(18-16-30)24-9-13-32(14-10-24)27-22(3)20-28-26-6-5-21(2)19-25(26)27/h5-6,19-20,23-24H,4,7-18H2,1-3H3. The van der Waals surface area contributed by atoms with Gasteiger partial charge >= 0.3 is 0 Å². The van der Waals surface area contributed by atoms with Crippen LogP contribution >= 0.6 is 0 Å². The van der Waals surface area contributed by atoms with Crippen molar-refractivity contribution in [3.8, 4) is 0 Å². The second-order valence-electron chi connectivity index (χ2n) is 10.3. The normalized spacial score (nSPS) is 23.3. The molecule has 5 heteroatoms. The van der Waals surface area contributed by atoms with Crippen molar-refractivity contribution in [2.75, 3.05) is 63.8 Å². The Hall–Kier alpha value is -1.69. The Morgan fingerprint density at radius 1 is 0.812 bits per heavy atom. The number of aryl methyl sites for hydroxylation is 2. The van der Waals surface area contributed by atoms with E-state index in [-0.39, 0.29) is 0 Å². The van der Waals surface area contributed by atoms with E-state index in [2.05, 4.69) is 69.8 Å². The van der Waals surface area contributed by atoms with Gasteiger partial charge in [0.05, 0.1) is 11.2 Å². The van der Waals surface area contributed by atoms with E-state index in [0.29, 0.717) is 0 Å². The number of hydrogen-bond acceptors (Lipinski definition) is 5. The summed E-state index contributed by atoms with van der Waals surface area (Å²) in [4.78, 5) is 15.5. The summed E-state index contributed by atoms with van der Waals surface area (Å²) in [7, 11) is 0. The fourth-order valence-electron chi connectivity index (χ4n) is 6.33. The highest BCUT2D eigenvalue weighted by Crippen LogP contribution is 2.33. The topological polar surface area (TPSA) is 25.9 Å². The maximum atomic E-state index is 4.68. The molecule has 5 rings (SSSR count). The van der Waals surface area contributed by atoms with Crippen LogP contribution in [0.4, 0.5) is 5.69 Å². The van der Waals surface area contributed by atoms with Crippen LogP contribution in [0, 0.1) is 13.8 Å². The van der Waals surface area contributed by atoms with E-state index >= 15 is 0 Å². The summed E-state index contributed by atoms with van der Waals surface area (Å²) in [6.45, 7) is 17.9. The van der Waals surface area contributed by atoms with Crippen molar-refractivity contribution in [2.45, 2.75) is 58.5 Å².